The van der Waals surface area contributed by atoms with Crippen LogP contribution in [0.25, 0.3) is 0 Å². The lowest BCUT2D eigenvalue weighted by Gasteiger charge is -2.10. The van der Waals surface area contributed by atoms with E-state index in [-0.39, 0.29) is 4.90 Å². The Hall–Kier alpha value is -2.32. The molecule has 0 aliphatic rings. The number of nitrogens with zero attached hydrogens (tertiary/aromatic N) is 1. The summed E-state index contributed by atoms with van der Waals surface area (Å²) in [5.74, 6) is 0. The number of benzene rings is 2. The van der Waals surface area contributed by atoms with Crippen molar-refractivity contribution in [1.29, 1.82) is 5.26 Å². The molecule has 0 fully saturated rings. The SMILES string of the molecule is Cc1ccccc1S(=O)(=O)Nc1ccc(CC#N)cc1. The first-order chi connectivity index (χ1) is 9.53. The van der Waals surface area contributed by atoms with E-state index in [0.717, 1.165) is 5.56 Å². The van der Waals surface area contributed by atoms with Crippen LogP contribution in [0.4, 0.5) is 5.69 Å². The molecule has 0 saturated carbocycles. The number of rotatable bonds is 4. The van der Waals surface area contributed by atoms with Crippen LogP contribution in [0.5, 0.6) is 0 Å². The van der Waals surface area contributed by atoms with Crippen molar-refractivity contribution in [3.8, 4) is 6.07 Å². The molecule has 0 aliphatic heterocycles. The zero-order valence-electron chi connectivity index (χ0n) is 11.0. The molecule has 0 aromatic heterocycles. The first-order valence-electron chi connectivity index (χ1n) is 6.07. The maximum atomic E-state index is 12.3. The summed E-state index contributed by atoms with van der Waals surface area (Å²) in [6.07, 6.45) is 0.310. The number of nitriles is 1. The van der Waals surface area contributed by atoms with Gasteiger partial charge in [0.15, 0.2) is 0 Å². The standard InChI is InChI=1S/C15H14N2O2S/c1-12-4-2-3-5-15(12)20(18,19)17-14-8-6-13(7-9-14)10-11-16/h2-9,17H,10H2,1H3. The van der Waals surface area contributed by atoms with E-state index in [2.05, 4.69) is 4.72 Å². The van der Waals surface area contributed by atoms with Crippen molar-refractivity contribution in [1.82, 2.24) is 0 Å². The molecule has 2 aromatic carbocycles. The summed E-state index contributed by atoms with van der Waals surface area (Å²) in [4.78, 5) is 0.265. The minimum atomic E-state index is -3.58. The molecule has 0 radical (unpaired) electrons. The molecule has 1 N–H and O–H groups in total. The Kier molecular flexibility index (Phi) is 4.06. The van der Waals surface area contributed by atoms with E-state index in [1.807, 2.05) is 6.07 Å². The van der Waals surface area contributed by atoms with Crippen molar-refractivity contribution in [3.05, 3.63) is 59.7 Å². The molecule has 0 amide bonds. The second-order valence-corrected chi connectivity index (χ2v) is 6.05. The molecular formula is C15H14N2O2S. The molecule has 2 aromatic rings. The Bertz CT molecular complexity index is 744. The van der Waals surface area contributed by atoms with Gasteiger partial charge in [0.1, 0.15) is 0 Å². The van der Waals surface area contributed by atoms with Crippen LogP contribution in [-0.2, 0) is 16.4 Å². The van der Waals surface area contributed by atoms with E-state index in [1.165, 1.54) is 0 Å². The van der Waals surface area contributed by atoms with Crippen LogP contribution in [0.15, 0.2) is 53.4 Å². The topological polar surface area (TPSA) is 70.0 Å². The van der Waals surface area contributed by atoms with Gasteiger partial charge in [0.05, 0.1) is 17.4 Å². The van der Waals surface area contributed by atoms with Crippen LogP contribution in [0.2, 0.25) is 0 Å². The third-order valence-electron chi connectivity index (χ3n) is 2.87. The average molecular weight is 286 g/mol. The van der Waals surface area contributed by atoms with Crippen LogP contribution in [-0.4, -0.2) is 8.42 Å². The molecule has 4 nitrogen and oxygen atoms in total. The van der Waals surface area contributed by atoms with Gasteiger partial charge in [-0.1, -0.05) is 30.3 Å². The molecule has 0 spiro atoms. The number of aryl methyl sites for hydroxylation is 1. The summed E-state index contributed by atoms with van der Waals surface area (Å²) in [5, 5.41) is 8.59. The van der Waals surface area contributed by atoms with Crippen molar-refractivity contribution < 1.29 is 8.42 Å². The largest absolute Gasteiger partial charge is 0.280 e. The fourth-order valence-corrected chi connectivity index (χ4v) is 3.16. The van der Waals surface area contributed by atoms with Gasteiger partial charge in [0, 0.05) is 5.69 Å². The number of sulfonamides is 1. The molecule has 0 bridgehead atoms. The zero-order chi connectivity index (χ0) is 14.6. The second-order valence-electron chi connectivity index (χ2n) is 4.40. The maximum Gasteiger partial charge on any atom is 0.262 e. The van der Waals surface area contributed by atoms with E-state index in [9.17, 15) is 8.42 Å². The minimum absolute atomic E-state index is 0.265. The molecule has 20 heavy (non-hydrogen) atoms. The van der Waals surface area contributed by atoms with E-state index >= 15 is 0 Å². The third kappa shape index (κ3) is 3.16. The van der Waals surface area contributed by atoms with Gasteiger partial charge in [-0.25, -0.2) is 8.42 Å². The van der Waals surface area contributed by atoms with Crippen LogP contribution in [0.1, 0.15) is 11.1 Å². The Morgan fingerprint density at radius 2 is 1.75 bits per heavy atom. The lowest BCUT2D eigenvalue weighted by molar-refractivity contribution is 0.600. The number of hydrogen-bond acceptors (Lipinski definition) is 3. The highest BCUT2D eigenvalue weighted by molar-refractivity contribution is 7.92. The fourth-order valence-electron chi connectivity index (χ4n) is 1.85. The van der Waals surface area contributed by atoms with Gasteiger partial charge < -0.3 is 0 Å². The predicted molar refractivity (Wildman–Crippen MR) is 77.7 cm³/mol. The van der Waals surface area contributed by atoms with E-state index < -0.39 is 10.0 Å². The molecule has 102 valence electrons. The van der Waals surface area contributed by atoms with E-state index in [1.54, 1.807) is 55.5 Å². The van der Waals surface area contributed by atoms with Gasteiger partial charge in [0.25, 0.3) is 10.0 Å². The van der Waals surface area contributed by atoms with Crippen molar-refractivity contribution in [2.75, 3.05) is 4.72 Å². The van der Waals surface area contributed by atoms with Gasteiger partial charge >= 0.3 is 0 Å². The number of nitrogens with one attached hydrogen (secondary N) is 1. The lowest BCUT2D eigenvalue weighted by atomic mass is 10.1. The lowest BCUT2D eigenvalue weighted by Crippen LogP contribution is -2.14. The molecule has 5 heteroatoms. The Morgan fingerprint density at radius 3 is 2.35 bits per heavy atom. The van der Waals surface area contributed by atoms with Crippen molar-refractivity contribution in [3.63, 3.8) is 0 Å². The van der Waals surface area contributed by atoms with Gasteiger partial charge in [-0.2, -0.15) is 5.26 Å². The molecule has 0 heterocycles. The van der Waals surface area contributed by atoms with Gasteiger partial charge in [0.2, 0.25) is 0 Å². The number of hydrogen-bond donors (Lipinski definition) is 1. The van der Waals surface area contributed by atoms with Crippen molar-refractivity contribution in [2.45, 2.75) is 18.2 Å². The molecular weight excluding hydrogens is 272 g/mol. The predicted octanol–water partition coefficient (Wildman–Crippen LogP) is 2.86. The van der Waals surface area contributed by atoms with Crippen molar-refractivity contribution >= 4 is 15.7 Å². The Morgan fingerprint density at radius 1 is 1.10 bits per heavy atom. The molecule has 0 saturated heterocycles. The summed E-state index contributed by atoms with van der Waals surface area (Å²) in [5.41, 5.74) is 2.03. The summed E-state index contributed by atoms with van der Waals surface area (Å²) in [6.45, 7) is 1.75. The smallest absolute Gasteiger partial charge is 0.262 e. The summed E-state index contributed by atoms with van der Waals surface area (Å²) in [6, 6.07) is 15.6. The molecule has 0 unspecified atom stereocenters. The van der Waals surface area contributed by atoms with Gasteiger partial charge in [-0.3, -0.25) is 4.72 Å². The molecule has 0 atom stereocenters. The summed E-state index contributed by atoms with van der Waals surface area (Å²) in [7, 11) is -3.58. The summed E-state index contributed by atoms with van der Waals surface area (Å²) >= 11 is 0. The van der Waals surface area contributed by atoms with Crippen molar-refractivity contribution in [2.24, 2.45) is 0 Å². The van der Waals surface area contributed by atoms with Crippen LogP contribution in [0.3, 0.4) is 0 Å². The van der Waals surface area contributed by atoms with E-state index in [4.69, 9.17) is 5.26 Å². The van der Waals surface area contributed by atoms with Crippen LogP contribution in [0, 0.1) is 18.3 Å². The quantitative estimate of drug-likeness (QED) is 0.939. The second kappa shape index (κ2) is 5.76. The molecule has 0 aliphatic carbocycles. The van der Waals surface area contributed by atoms with Gasteiger partial charge in [-0.15, -0.1) is 0 Å². The van der Waals surface area contributed by atoms with E-state index in [0.29, 0.717) is 17.7 Å². The zero-order valence-corrected chi connectivity index (χ0v) is 11.8. The normalized spacial score (nSPS) is 10.8. The Labute approximate surface area is 118 Å². The fraction of sp³-hybridized carbons (Fsp3) is 0.133. The highest BCUT2D eigenvalue weighted by atomic mass is 32.2. The Balaban J connectivity index is 2.25. The number of anilines is 1. The average Bonchev–Trinajstić information content (AvgIpc) is 2.41. The summed E-state index contributed by atoms with van der Waals surface area (Å²) < 4.78 is 27.1. The highest BCUT2D eigenvalue weighted by Crippen LogP contribution is 2.19. The third-order valence-corrected chi connectivity index (χ3v) is 4.41. The first-order valence-corrected chi connectivity index (χ1v) is 7.55. The monoisotopic (exact) mass is 286 g/mol. The first kappa shape index (κ1) is 14.1. The van der Waals surface area contributed by atoms with Crippen LogP contribution >= 0.6 is 0 Å². The minimum Gasteiger partial charge on any atom is -0.280 e. The van der Waals surface area contributed by atoms with Crippen LogP contribution < -0.4 is 4.72 Å². The molecule has 2 rings (SSSR count). The maximum absolute atomic E-state index is 12.3. The van der Waals surface area contributed by atoms with Gasteiger partial charge in [-0.05, 0) is 36.2 Å². The highest BCUT2D eigenvalue weighted by Gasteiger charge is 2.15.